The molecule has 9 heteroatoms. The van der Waals surface area contributed by atoms with E-state index in [-0.39, 0.29) is 9.79 Å². The Bertz CT molecular complexity index is 1260. The Balaban J connectivity index is 1.86. The number of aryl methyl sites for hydroxylation is 1. The molecule has 3 aromatic rings. The molecule has 150 valence electrons. The first-order valence-corrected chi connectivity index (χ1v) is 12.6. The number of rotatable bonds is 6. The zero-order chi connectivity index (χ0) is 20.7. The van der Waals surface area contributed by atoms with Crippen LogP contribution in [0.15, 0.2) is 52.4 Å². The van der Waals surface area contributed by atoms with Gasteiger partial charge in [0.2, 0.25) is 0 Å². The highest BCUT2D eigenvalue weighted by atomic mass is 35.5. The predicted molar refractivity (Wildman–Crippen MR) is 113 cm³/mol. The molecule has 0 atom stereocenters. The van der Waals surface area contributed by atoms with Crippen LogP contribution < -0.4 is 5.32 Å². The molecular weight excluding hydrogens is 420 g/mol. The van der Waals surface area contributed by atoms with Gasteiger partial charge in [0.25, 0.3) is 0 Å². The van der Waals surface area contributed by atoms with Crippen LogP contribution in [0, 0.1) is 0 Å². The topological polar surface area (TPSA) is 85.2 Å². The number of aromatic nitrogens is 1. The van der Waals surface area contributed by atoms with E-state index in [0.29, 0.717) is 23.7 Å². The van der Waals surface area contributed by atoms with Crippen LogP contribution in [0.2, 0.25) is 5.02 Å². The second-order valence-corrected chi connectivity index (χ2v) is 11.2. The van der Waals surface area contributed by atoms with Gasteiger partial charge in [-0.05, 0) is 42.3 Å². The van der Waals surface area contributed by atoms with E-state index in [1.165, 1.54) is 18.2 Å². The summed E-state index contributed by atoms with van der Waals surface area (Å²) in [6, 6.07) is 9.82. The SMILES string of the molecule is Cn1cc(CCNc2ccc(S(C)(=O)=O)cc2S(C)(=O)=O)c2ccc(Cl)cc21. The van der Waals surface area contributed by atoms with E-state index >= 15 is 0 Å². The number of nitrogens with one attached hydrogen (secondary N) is 1. The molecule has 28 heavy (non-hydrogen) atoms. The van der Waals surface area contributed by atoms with Crippen LogP contribution in [0.4, 0.5) is 5.69 Å². The van der Waals surface area contributed by atoms with Crippen molar-refractivity contribution in [1.82, 2.24) is 4.57 Å². The van der Waals surface area contributed by atoms with E-state index in [2.05, 4.69) is 5.32 Å². The van der Waals surface area contributed by atoms with Crippen LogP contribution in [0.5, 0.6) is 0 Å². The molecule has 6 nitrogen and oxygen atoms in total. The van der Waals surface area contributed by atoms with Gasteiger partial charge < -0.3 is 9.88 Å². The third kappa shape index (κ3) is 4.34. The van der Waals surface area contributed by atoms with E-state index in [1.807, 2.05) is 36.0 Å². The number of halogens is 1. The second-order valence-electron chi connectivity index (χ2n) is 6.81. The van der Waals surface area contributed by atoms with Crippen LogP contribution in [-0.4, -0.2) is 40.5 Å². The lowest BCUT2D eigenvalue weighted by atomic mass is 10.1. The van der Waals surface area contributed by atoms with Crippen LogP contribution in [0.25, 0.3) is 10.9 Å². The molecule has 0 bridgehead atoms. The third-order valence-corrected chi connectivity index (χ3v) is 7.01. The molecule has 0 aliphatic carbocycles. The lowest BCUT2D eigenvalue weighted by Crippen LogP contribution is -2.10. The molecular formula is C19H21ClN2O4S2. The Morgan fingerprint density at radius 3 is 2.36 bits per heavy atom. The van der Waals surface area contributed by atoms with Gasteiger partial charge in [-0.3, -0.25) is 0 Å². The Morgan fingerprint density at radius 2 is 1.71 bits per heavy atom. The number of anilines is 1. The van der Waals surface area contributed by atoms with E-state index in [1.54, 1.807) is 0 Å². The lowest BCUT2D eigenvalue weighted by molar-refractivity contribution is 0.600. The average Bonchev–Trinajstić information content (AvgIpc) is 2.89. The fraction of sp³-hybridized carbons (Fsp3) is 0.263. The molecule has 0 aliphatic heterocycles. The van der Waals surface area contributed by atoms with Crippen LogP contribution in [0.1, 0.15) is 5.56 Å². The maximum absolute atomic E-state index is 12.1. The molecule has 0 fully saturated rings. The van der Waals surface area contributed by atoms with Crippen molar-refractivity contribution in [3.8, 4) is 0 Å². The van der Waals surface area contributed by atoms with E-state index in [0.717, 1.165) is 29.0 Å². The smallest absolute Gasteiger partial charge is 0.177 e. The van der Waals surface area contributed by atoms with Gasteiger partial charge >= 0.3 is 0 Å². The largest absolute Gasteiger partial charge is 0.384 e. The van der Waals surface area contributed by atoms with Crippen molar-refractivity contribution in [1.29, 1.82) is 0 Å². The van der Waals surface area contributed by atoms with E-state index in [9.17, 15) is 16.8 Å². The summed E-state index contributed by atoms with van der Waals surface area (Å²) in [5.74, 6) is 0. The summed E-state index contributed by atoms with van der Waals surface area (Å²) >= 11 is 6.06. The van der Waals surface area contributed by atoms with Crippen molar-refractivity contribution < 1.29 is 16.8 Å². The van der Waals surface area contributed by atoms with Gasteiger partial charge in [0, 0.05) is 48.2 Å². The molecule has 0 saturated heterocycles. The molecule has 0 saturated carbocycles. The second kappa shape index (κ2) is 7.42. The van der Waals surface area contributed by atoms with Gasteiger partial charge in [0.05, 0.1) is 15.5 Å². The monoisotopic (exact) mass is 440 g/mol. The van der Waals surface area contributed by atoms with Crippen molar-refractivity contribution in [2.24, 2.45) is 7.05 Å². The first-order chi connectivity index (χ1) is 13.0. The summed E-state index contributed by atoms with van der Waals surface area (Å²) < 4.78 is 49.7. The minimum atomic E-state index is -3.59. The van der Waals surface area contributed by atoms with Gasteiger partial charge in [0.15, 0.2) is 19.7 Å². The minimum absolute atomic E-state index is 0.0237. The van der Waals surface area contributed by atoms with Crippen molar-refractivity contribution in [3.05, 3.63) is 53.2 Å². The molecule has 1 heterocycles. The van der Waals surface area contributed by atoms with Gasteiger partial charge in [-0.1, -0.05) is 17.7 Å². The summed E-state index contributed by atoms with van der Waals surface area (Å²) in [4.78, 5) is -0.0514. The number of fused-ring (bicyclic) bond motifs is 1. The Morgan fingerprint density at radius 1 is 1.00 bits per heavy atom. The quantitative estimate of drug-likeness (QED) is 0.635. The molecule has 1 aromatic heterocycles. The molecule has 0 aliphatic rings. The minimum Gasteiger partial charge on any atom is -0.384 e. The van der Waals surface area contributed by atoms with E-state index in [4.69, 9.17) is 11.6 Å². The molecule has 1 N–H and O–H groups in total. The first kappa shape index (κ1) is 20.7. The number of sulfone groups is 2. The molecule has 3 rings (SSSR count). The highest BCUT2D eigenvalue weighted by molar-refractivity contribution is 7.91. The number of hydrogen-bond donors (Lipinski definition) is 1. The fourth-order valence-corrected chi connectivity index (χ4v) is 4.93. The van der Waals surface area contributed by atoms with Crippen molar-refractivity contribution >= 4 is 47.9 Å². The van der Waals surface area contributed by atoms with Crippen molar-refractivity contribution in [2.45, 2.75) is 16.2 Å². The van der Waals surface area contributed by atoms with Gasteiger partial charge in [-0.2, -0.15) is 0 Å². The molecule has 0 spiro atoms. The van der Waals surface area contributed by atoms with Crippen LogP contribution in [-0.2, 0) is 33.1 Å². The normalized spacial score (nSPS) is 12.4. The van der Waals surface area contributed by atoms with Gasteiger partial charge in [-0.25, -0.2) is 16.8 Å². The third-order valence-electron chi connectivity index (χ3n) is 4.53. The Labute approximate surface area is 170 Å². The lowest BCUT2D eigenvalue weighted by Gasteiger charge is -2.12. The zero-order valence-corrected chi connectivity index (χ0v) is 18.1. The van der Waals surface area contributed by atoms with Crippen LogP contribution in [0.3, 0.4) is 0 Å². The number of nitrogens with zero attached hydrogens (tertiary/aromatic N) is 1. The van der Waals surface area contributed by atoms with Crippen molar-refractivity contribution in [3.63, 3.8) is 0 Å². The summed E-state index contributed by atoms with van der Waals surface area (Å²) in [5, 5.41) is 4.88. The molecule has 0 amide bonds. The first-order valence-electron chi connectivity index (χ1n) is 8.48. The molecule has 0 unspecified atom stereocenters. The highest BCUT2D eigenvalue weighted by Gasteiger charge is 2.18. The molecule has 2 aromatic carbocycles. The summed E-state index contributed by atoms with van der Waals surface area (Å²) in [7, 11) is -5.14. The summed E-state index contributed by atoms with van der Waals surface area (Å²) in [6.45, 7) is 0.489. The Hall–Kier alpha value is -2.03. The standard InChI is InChI=1S/C19H21ClN2O4S2/c1-22-12-13(16-6-4-14(20)10-18(16)22)8-9-21-17-7-5-15(27(2,23)24)11-19(17)28(3,25)26/h4-7,10-12,21H,8-9H2,1-3H3. The number of benzene rings is 2. The predicted octanol–water partition coefficient (Wildman–Crippen LogP) is 3.29. The maximum atomic E-state index is 12.1. The fourth-order valence-electron chi connectivity index (χ4n) is 3.16. The van der Waals surface area contributed by atoms with Gasteiger partial charge in [-0.15, -0.1) is 0 Å². The maximum Gasteiger partial charge on any atom is 0.177 e. The summed E-state index contributed by atoms with van der Waals surface area (Å²) in [6.07, 6.45) is 4.80. The average molecular weight is 441 g/mol. The van der Waals surface area contributed by atoms with E-state index < -0.39 is 19.7 Å². The number of hydrogen-bond acceptors (Lipinski definition) is 5. The molecule has 0 radical (unpaired) electrons. The zero-order valence-electron chi connectivity index (χ0n) is 15.7. The Kier molecular flexibility index (Phi) is 5.49. The highest BCUT2D eigenvalue weighted by Crippen LogP contribution is 2.27. The summed E-state index contributed by atoms with van der Waals surface area (Å²) in [5.41, 5.74) is 2.52. The van der Waals surface area contributed by atoms with Crippen molar-refractivity contribution in [2.75, 3.05) is 24.4 Å². The van der Waals surface area contributed by atoms with Gasteiger partial charge in [0.1, 0.15) is 0 Å². The van der Waals surface area contributed by atoms with Crippen LogP contribution >= 0.6 is 11.6 Å².